The topological polar surface area (TPSA) is 38.7 Å². The average molecular weight is 399 g/mol. The number of ether oxygens (including phenoxy) is 2. The minimum atomic E-state index is -0.286. The van der Waals surface area contributed by atoms with Gasteiger partial charge < -0.3 is 14.6 Å². The van der Waals surface area contributed by atoms with Crippen LogP contribution in [-0.4, -0.2) is 29.5 Å². The third-order valence-electron chi connectivity index (χ3n) is 5.95. The van der Waals surface area contributed by atoms with Crippen LogP contribution in [0, 0.1) is 0 Å². The summed E-state index contributed by atoms with van der Waals surface area (Å²) in [6.07, 6.45) is 6.09. The highest BCUT2D eigenvalue weighted by atomic mass is 32.2. The Morgan fingerprint density at radius 2 is 1.96 bits per heavy atom. The Balaban J connectivity index is 1.59. The highest BCUT2D eigenvalue weighted by Crippen LogP contribution is 2.36. The zero-order chi connectivity index (χ0) is 19.5. The van der Waals surface area contributed by atoms with E-state index in [2.05, 4.69) is 43.3 Å². The fourth-order valence-electron chi connectivity index (χ4n) is 4.33. The Hall–Kier alpha value is -1.33. The molecule has 4 heteroatoms. The summed E-state index contributed by atoms with van der Waals surface area (Å²) in [6, 6.07) is 13.6. The first kappa shape index (κ1) is 20.0. The lowest BCUT2D eigenvalue weighted by molar-refractivity contribution is -0.0605. The number of hydrogen-bond donors (Lipinski definition) is 1. The number of aliphatic hydroxyl groups is 1. The minimum absolute atomic E-state index is 0.0252. The molecule has 0 radical (unpaired) electrons. The van der Waals surface area contributed by atoms with Gasteiger partial charge in [-0.3, -0.25) is 0 Å². The first-order valence-electron chi connectivity index (χ1n) is 10.3. The largest absolute Gasteiger partial charge is 0.393 e. The molecule has 3 unspecified atom stereocenters. The van der Waals surface area contributed by atoms with E-state index in [1.807, 2.05) is 6.26 Å². The molecule has 4 rings (SSSR count). The van der Waals surface area contributed by atoms with E-state index in [-0.39, 0.29) is 17.6 Å². The Morgan fingerprint density at radius 3 is 2.79 bits per heavy atom. The van der Waals surface area contributed by atoms with Crippen molar-refractivity contribution in [2.45, 2.75) is 63.3 Å². The summed E-state index contributed by atoms with van der Waals surface area (Å²) in [4.78, 5) is 0. The van der Waals surface area contributed by atoms with Gasteiger partial charge in [-0.15, -0.1) is 11.8 Å². The third-order valence-corrected chi connectivity index (χ3v) is 6.78. The monoisotopic (exact) mass is 398 g/mol. The first-order chi connectivity index (χ1) is 13.7. The summed E-state index contributed by atoms with van der Waals surface area (Å²) in [5.41, 5.74) is 8.10. The van der Waals surface area contributed by atoms with Gasteiger partial charge in [-0.1, -0.05) is 43.3 Å². The summed E-state index contributed by atoms with van der Waals surface area (Å²) >= 11 is 1.68. The highest BCUT2D eigenvalue weighted by Gasteiger charge is 2.29. The quantitative estimate of drug-likeness (QED) is 0.784. The van der Waals surface area contributed by atoms with Gasteiger partial charge in [0.05, 0.1) is 25.4 Å². The van der Waals surface area contributed by atoms with Crippen LogP contribution in [0.5, 0.6) is 0 Å². The maximum atomic E-state index is 10.3. The Kier molecular flexibility index (Phi) is 6.42. The molecule has 0 bridgehead atoms. The van der Waals surface area contributed by atoms with E-state index in [0.717, 1.165) is 38.9 Å². The second-order valence-corrected chi connectivity index (χ2v) is 8.88. The molecule has 2 aliphatic heterocycles. The lowest BCUT2D eigenvalue weighted by Crippen LogP contribution is -2.29. The van der Waals surface area contributed by atoms with Crippen molar-refractivity contribution < 1.29 is 14.6 Å². The maximum Gasteiger partial charge on any atom is 0.106 e. The van der Waals surface area contributed by atoms with Crippen LogP contribution in [-0.2, 0) is 35.3 Å². The molecular weight excluding hydrogens is 368 g/mol. The zero-order valence-corrected chi connectivity index (χ0v) is 17.6. The van der Waals surface area contributed by atoms with Gasteiger partial charge >= 0.3 is 0 Å². The summed E-state index contributed by atoms with van der Waals surface area (Å²) in [7, 11) is 0. The number of fused-ring (bicyclic) bond motifs is 1. The summed E-state index contributed by atoms with van der Waals surface area (Å²) in [5.74, 6) is 0. The standard InChI is InChI=1S/C24H30O3S/c1-3-17-6-7-19(23-13-22(25)14-24(27-23)28-2)12-20(17)10-16-4-5-18-8-9-26-15-21(18)11-16/h4-7,11-12,22-25H,3,8-10,13-15H2,1-2H3. The van der Waals surface area contributed by atoms with Crippen molar-refractivity contribution in [3.63, 3.8) is 0 Å². The van der Waals surface area contributed by atoms with Crippen LogP contribution in [0.25, 0.3) is 0 Å². The fourth-order valence-corrected chi connectivity index (χ4v) is 4.99. The molecule has 0 aliphatic carbocycles. The fraction of sp³-hybridized carbons (Fsp3) is 0.500. The second kappa shape index (κ2) is 9.00. The number of rotatable bonds is 5. The summed E-state index contributed by atoms with van der Waals surface area (Å²) in [5, 5.41) is 10.3. The van der Waals surface area contributed by atoms with E-state index in [4.69, 9.17) is 9.47 Å². The smallest absolute Gasteiger partial charge is 0.106 e. The number of aryl methyl sites for hydroxylation is 1. The SMILES string of the molecule is CCc1ccc(C2CC(O)CC(SC)O2)cc1Cc1ccc2c(c1)COCC2. The number of benzene rings is 2. The normalized spacial score (nSPS) is 24.8. The van der Waals surface area contributed by atoms with Crippen LogP contribution in [0.3, 0.4) is 0 Å². The molecule has 1 fully saturated rings. The third kappa shape index (κ3) is 4.46. The van der Waals surface area contributed by atoms with E-state index in [9.17, 15) is 5.11 Å². The van der Waals surface area contributed by atoms with Crippen molar-refractivity contribution in [3.05, 3.63) is 69.8 Å². The van der Waals surface area contributed by atoms with Crippen molar-refractivity contribution in [2.24, 2.45) is 0 Å². The first-order valence-corrected chi connectivity index (χ1v) is 11.6. The van der Waals surface area contributed by atoms with Crippen LogP contribution < -0.4 is 0 Å². The van der Waals surface area contributed by atoms with Crippen LogP contribution in [0.1, 0.15) is 59.3 Å². The predicted molar refractivity (Wildman–Crippen MR) is 115 cm³/mol. The molecule has 2 aromatic rings. The van der Waals surface area contributed by atoms with Crippen molar-refractivity contribution in [1.29, 1.82) is 0 Å². The van der Waals surface area contributed by atoms with E-state index in [1.54, 1.807) is 11.8 Å². The molecular formula is C24H30O3S. The van der Waals surface area contributed by atoms with Gasteiger partial charge in [-0.25, -0.2) is 0 Å². The molecule has 3 nitrogen and oxygen atoms in total. The molecule has 150 valence electrons. The summed E-state index contributed by atoms with van der Waals surface area (Å²) in [6.45, 7) is 3.77. The molecule has 1 N–H and O–H groups in total. The van der Waals surface area contributed by atoms with Crippen LogP contribution in [0.15, 0.2) is 36.4 Å². The summed E-state index contributed by atoms with van der Waals surface area (Å²) < 4.78 is 11.9. The molecule has 0 spiro atoms. The molecule has 28 heavy (non-hydrogen) atoms. The molecule has 2 aromatic carbocycles. The van der Waals surface area contributed by atoms with Gasteiger partial charge in [0.2, 0.25) is 0 Å². The molecule has 1 saturated heterocycles. The molecule has 2 aliphatic rings. The van der Waals surface area contributed by atoms with E-state index in [1.165, 1.54) is 33.4 Å². The number of aliphatic hydroxyl groups excluding tert-OH is 1. The lowest BCUT2D eigenvalue weighted by atomic mass is 9.91. The van der Waals surface area contributed by atoms with Crippen molar-refractivity contribution in [2.75, 3.05) is 12.9 Å². The van der Waals surface area contributed by atoms with E-state index in [0.29, 0.717) is 6.42 Å². The Bertz CT molecular complexity index is 819. The highest BCUT2D eigenvalue weighted by molar-refractivity contribution is 7.99. The van der Waals surface area contributed by atoms with Gasteiger partial charge in [0.25, 0.3) is 0 Å². The van der Waals surface area contributed by atoms with Gasteiger partial charge in [0.15, 0.2) is 0 Å². The van der Waals surface area contributed by atoms with Crippen LogP contribution in [0.4, 0.5) is 0 Å². The minimum Gasteiger partial charge on any atom is -0.393 e. The van der Waals surface area contributed by atoms with Crippen LogP contribution >= 0.6 is 11.8 Å². The van der Waals surface area contributed by atoms with Gasteiger partial charge in [0.1, 0.15) is 5.44 Å². The van der Waals surface area contributed by atoms with Crippen LogP contribution in [0.2, 0.25) is 0 Å². The van der Waals surface area contributed by atoms with Gasteiger partial charge in [-0.05, 0) is 58.9 Å². The van der Waals surface area contributed by atoms with Crippen molar-refractivity contribution in [1.82, 2.24) is 0 Å². The molecule has 0 aromatic heterocycles. The van der Waals surface area contributed by atoms with Gasteiger partial charge in [-0.2, -0.15) is 0 Å². The Labute approximate surface area is 172 Å². The number of thioether (sulfide) groups is 1. The molecule has 3 atom stereocenters. The van der Waals surface area contributed by atoms with Gasteiger partial charge in [0, 0.05) is 12.8 Å². The lowest BCUT2D eigenvalue weighted by Gasteiger charge is -2.33. The Morgan fingerprint density at radius 1 is 1.07 bits per heavy atom. The average Bonchev–Trinajstić information content (AvgIpc) is 2.73. The van der Waals surface area contributed by atoms with Crippen molar-refractivity contribution >= 4 is 11.8 Å². The van der Waals surface area contributed by atoms with Crippen molar-refractivity contribution in [3.8, 4) is 0 Å². The second-order valence-electron chi connectivity index (χ2n) is 7.88. The molecule has 0 amide bonds. The van der Waals surface area contributed by atoms with E-state index >= 15 is 0 Å². The molecule has 2 heterocycles. The molecule has 0 saturated carbocycles. The zero-order valence-electron chi connectivity index (χ0n) is 16.8. The van der Waals surface area contributed by atoms with E-state index < -0.39 is 0 Å². The predicted octanol–water partition coefficient (Wildman–Crippen LogP) is 4.81. The number of hydrogen-bond acceptors (Lipinski definition) is 4. The maximum absolute atomic E-state index is 10.3.